The van der Waals surface area contributed by atoms with Crippen LogP contribution in [-0.2, 0) is 0 Å². The first-order valence-corrected chi connectivity index (χ1v) is 10.6. The summed E-state index contributed by atoms with van der Waals surface area (Å²) < 4.78 is 22.3. The van der Waals surface area contributed by atoms with E-state index < -0.39 is 0 Å². The molecule has 0 saturated heterocycles. The molecular formula is C30H24O4. The number of ether oxygens (including phenoxy) is 4. The predicted octanol–water partition coefficient (Wildman–Crippen LogP) is 8.26. The van der Waals surface area contributed by atoms with Gasteiger partial charge in [-0.2, -0.15) is 0 Å². The van der Waals surface area contributed by atoms with Gasteiger partial charge in [-0.15, -0.1) is 0 Å². The van der Waals surface area contributed by atoms with Crippen molar-refractivity contribution in [2.45, 2.75) is 0 Å². The molecule has 0 atom stereocenters. The van der Waals surface area contributed by atoms with Gasteiger partial charge >= 0.3 is 0 Å². The van der Waals surface area contributed by atoms with Gasteiger partial charge in [0.1, 0.15) is 23.0 Å². The smallest absolute Gasteiger partial charge is 0.135 e. The number of hydrogen-bond donors (Lipinski definition) is 0. The number of fused-ring (bicyclic) bond motifs is 1. The molecular weight excluding hydrogens is 424 g/mol. The Labute approximate surface area is 199 Å². The van der Waals surface area contributed by atoms with E-state index in [-0.39, 0.29) is 0 Å². The van der Waals surface area contributed by atoms with Crippen molar-refractivity contribution < 1.29 is 18.9 Å². The standard InChI is InChI=1S/C30H24O4/c1-5-31-25-13-9-21(10-14-25)23-17-27-28(29(19-23)33-7-3)18-24(20-30(27)34-8-4)22-11-15-26(16-12-22)32-6-2/h5-20H,1-4H2. The van der Waals surface area contributed by atoms with Crippen LogP contribution in [0.1, 0.15) is 0 Å². The Kier molecular flexibility index (Phi) is 6.80. The van der Waals surface area contributed by atoms with Gasteiger partial charge in [0.15, 0.2) is 0 Å². The SMILES string of the molecule is C=COc1ccc(-c2cc(OC=C)c3cc(-c4ccc(OC=C)cc4)cc(OC=C)c3c2)cc1. The summed E-state index contributed by atoms with van der Waals surface area (Å²) in [6.45, 7) is 14.7. The molecule has 0 aliphatic heterocycles. The first kappa shape index (κ1) is 22.5. The van der Waals surface area contributed by atoms with Gasteiger partial charge in [-0.1, -0.05) is 50.6 Å². The van der Waals surface area contributed by atoms with Crippen molar-refractivity contribution in [3.05, 3.63) is 124 Å². The summed E-state index contributed by atoms with van der Waals surface area (Å²) in [7, 11) is 0. The summed E-state index contributed by atoms with van der Waals surface area (Å²) in [4.78, 5) is 0. The predicted molar refractivity (Wildman–Crippen MR) is 138 cm³/mol. The quantitative estimate of drug-likeness (QED) is 0.229. The van der Waals surface area contributed by atoms with E-state index in [1.54, 1.807) is 0 Å². The van der Waals surface area contributed by atoms with Crippen LogP contribution in [0, 0.1) is 0 Å². The summed E-state index contributed by atoms with van der Waals surface area (Å²) >= 11 is 0. The molecule has 0 N–H and O–H groups in total. The lowest BCUT2D eigenvalue weighted by molar-refractivity contribution is 0.483. The van der Waals surface area contributed by atoms with Gasteiger partial charge in [0.05, 0.1) is 25.0 Å². The van der Waals surface area contributed by atoms with Crippen LogP contribution < -0.4 is 18.9 Å². The summed E-state index contributed by atoms with van der Waals surface area (Å²) in [5.74, 6) is 2.76. The van der Waals surface area contributed by atoms with Crippen molar-refractivity contribution in [3.63, 3.8) is 0 Å². The van der Waals surface area contributed by atoms with Gasteiger partial charge < -0.3 is 18.9 Å². The fourth-order valence-electron chi connectivity index (χ4n) is 3.75. The zero-order valence-electron chi connectivity index (χ0n) is 18.7. The molecule has 0 aliphatic rings. The Morgan fingerprint density at radius 2 is 0.765 bits per heavy atom. The molecule has 4 heteroatoms. The highest BCUT2D eigenvalue weighted by atomic mass is 16.5. The molecule has 0 aliphatic carbocycles. The Morgan fingerprint density at radius 1 is 0.412 bits per heavy atom. The van der Waals surface area contributed by atoms with Crippen molar-refractivity contribution >= 4 is 10.8 Å². The maximum Gasteiger partial charge on any atom is 0.135 e. The average Bonchev–Trinajstić information content (AvgIpc) is 2.86. The molecule has 0 heterocycles. The molecule has 4 nitrogen and oxygen atoms in total. The van der Waals surface area contributed by atoms with Gasteiger partial charge in [-0.05, 0) is 70.8 Å². The highest BCUT2D eigenvalue weighted by Crippen LogP contribution is 2.41. The van der Waals surface area contributed by atoms with E-state index in [0.29, 0.717) is 23.0 Å². The molecule has 4 aromatic carbocycles. The van der Waals surface area contributed by atoms with E-state index in [4.69, 9.17) is 18.9 Å². The zero-order valence-corrected chi connectivity index (χ0v) is 18.7. The van der Waals surface area contributed by atoms with Crippen LogP contribution in [0.15, 0.2) is 124 Å². The maximum absolute atomic E-state index is 5.83. The molecule has 4 rings (SSSR count). The van der Waals surface area contributed by atoms with Gasteiger partial charge in [-0.25, -0.2) is 0 Å². The van der Waals surface area contributed by atoms with Crippen LogP contribution >= 0.6 is 0 Å². The van der Waals surface area contributed by atoms with Gasteiger partial charge in [-0.3, -0.25) is 0 Å². The maximum atomic E-state index is 5.83. The van der Waals surface area contributed by atoms with Crippen LogP contribution in [-0.4, -0.2) is 0 Å². The van der Waals surface area contributed by atoms with Crippen molar-refractivity contribution in [2.75, 3.05) is 0 Å². The molecule has 168 valence electrons. The van der Waals surface area contributed by atoms with Crippen molar-refractivity contribution in [3.8, 4) is 45.3 Å². The summed E-state index contributed by atoms with van der Waals surface area (Å²) in [5, 5.41) is 1.77. The van der Waals surface area contributed by atoms with Crippen LogP contribution in [0.4, 0.5) is 0 Å². The third-order valence-electron chi connectivity index (χ3n) is 5.23. The first-order valence-electron chi connectivity index (χ1n) is 10.6. The number of benzene rings is 4. The third kappa shape index (κ3) is 4.71. The fraction of sp³-hybridized carbons (Fsp3) is 0. The van der Waals surface area contributed by atoms with Crippen LogP contribution in [0.2, 0.25) is 0 Å². The highest BCUT2D eigenvalue weighted by molar-refractivity contribution is 5.99. The molecule has 4 aromatic rings. The Bertz CT molecular complexity index is 1240. The lowest BCUT2D eigenvalue weighted by atomic mass is 9.96. The normalized spacial score (nSPS) is 10.2. The summed E-state index contributed by atoms with van der Waals surface area (Å²) in [6, 6.07) is 23.6. The van der Waals surface area contributed by atoms with E-state index in [0.717, 1.165) is 33.0 Å². The number of rotatable bonds is 10. The van der Waals surface area contributed by atoms with E-state index in [1.807, 2.05) is 60.7 Å². The summed E-state index contributed by atoms with van der Waals surface area (Å²) in [5.41, 5.74) is 3.92. The van der Waals surface area contributed by atoms with Crippen LogP contribution in [0.25, 0.3) is 33.0 Å². The number of hydrogen-bond acceptors (Lipinski definition) is 4. The third-order valence-corrected chi connectivity index (χ3v) is 5.23. The fourth-order valence-corrected chi connectivity index (χ4v) is 3.75. The molecule has 0 bridgehead atoms. The molecule has 34 heavy (non-hydrogen) atoms. The second kappa shape index (κ2) is 10.3. The topological polar surface area (TPSA) is 36.9 Å². The van der Waals surface area contributed by atoms with Gasteiger partial charge in [0.25, 0.3) is 0 Å². The average molecular weight is 449 g/mol. The highest BCUT2D eigenvalue weighted by Gasteiger charge is 2.14. The van der Waals surface area contributed by atoms with Crippen molar-refractivity contribution in [1.82, 2.24) is 0 Å². The second-order valence-corrected chi connectivity index (χ2v) is 7.23. The van der Waals surface area contributed by atoms with E-state index in [2.05, 4.69) is 38.4 Å². The minimum absolute atomic E-state index is 0.663. The molecule has 0 saturated carbocycles. The zero-order chi connectivity index (χ0) is 23.9. The van der Waals surface area contributed by atoms with Crippen LogP contribution in [0.5, 0.6) is 23.0 Å². The van der Waals surface area contributed by atoms with E-state index in [1.165, 1.54) is 25.0 Å². The molecule has 0 unspecified atom stereocenters. The largest absolute Gasteiger partial charge is 0.466 e. The second-order valence-electron chi connectivity index (χ2n) is 7.23. The van der Waals surface area contributed by atoms with Crippen molar-refractivity contribution in [1.29, 1.82) is 0 Å². The van der Waals surface area contributed by atoms with Gasteiger partial charge in [0.2, 0.25) is 0 Å². The lowest BCUT2D eigenvalue weighted by Gasteiger charge is -2.15. The molecule has 0 aromatic heterocycles. The monoisotopic (exact) mass is 448 g/mol. The van der Waals surface area contributed by atoms with E-state index in [9.17, 15) is 0 Å². The molecule has 0 fully saturated rings. The Hall–Kier alpha value is -4.70. The van der Waals surface area contributed by atoms with Crippen molar-refractivity contribution in [2.24, 2.45) is 0 Å². The summed E-state index contributed by atoms with van der Waals surface area (Å²) in [6.07, 6.45) is 5.64. The lowest BCUT2D eigenvalue weighted by Crippen LogP contribution is -1.92. The minimum atomic E-state index is 0.663. The Morgan fingerprint density at radius 3 is 1.09 bits per heavy atom. The molecule has 0 spiro atoms. The Balaban J connectivity index is 1.87. The molecule has 0 radical (unpaired) electrons. The van der Waals surface area contributed by atoms with Crippen LogP contribution in [0.3, 0.4) is 0 Å². The van der Waals surface area contributed by atoms with E-state index >= 15 is 0 Å². The molecule has 0 amide bonds. The minimum Gasteiger partial charge on any atom is -0.466 e. The first-order chi connectivity index (χ1) is 16.7. The van der Waals surface area contributed by atoms with Gasteiger partial charge in [0, 0.05) is 10.8 Å².